The number of aryl methyl sites for hydroxylation is 2. The van der Waals surface area contributed by atoms with Gasteiger partial charge in [0.1, 0.15) is 5.76 Å². The van der Waals surface area contributed by atoms with Crippen molar-refractivity contribution in [1.29, 1.82) is 0 Å². The predicted octanol–water partition coefficient (Wildman–Crippen LogP) is 3.59. The van der Waals surface area contributed by atoms with E-state index in [1.807, 2.05) is 6.07 Å². The van der Waals surface area contributed by atoms with Crippen molar-refractivity contribution in [2.45, 2.75) is 65.6 Å². The lowest BCUT2D eigenvalue weighted by atomic mass is 10.0. The summed E-state index contributed by atoms with van der Waals surface area (Å²) in [7, 11) is 1.79. The maximum Gasteiger partial charge on any atom is 0.191 e. The van der Waals surface area contributed by atoms with Gasteiger partial charge < -0.3 is 20.5 Å². The summed E-state index contributed by atoms with van der Waals surface area (Å²) in [6.07, 6.45) is 1.70. The number of hydrogen-bond donors (Lipinski definition) is 3. The van der Waals surface area contributed by atoms with Gasteiger partial charge in [0, 0.05) is 43.7 Å². The third-order valence-corrected chi connectivity index (χ3v) is 4.87. The summed E-state index contributed by atoms with van der Waals surface area (Å²) in [6, 6.07) is 10.8. The predicted molar refractivity (Wildman–Crippen MR) is 116 cm³/mol. The molecule has 1 aromatic carbocycles. The molecule has 0 aliphatic rings. The standard InChI is InChI=1S/C22H35N5O/c1-7-19-18(20(8-2)28-27-19)14-24-21(23-6)25-15-22(4,5)26-16(3)17-12-10-9-11-13-17/h9-13,16,26H,7-8,14-15H2,1-6H3,(H2,23,24,25). The Morgan fingerprint density at radius 3 is 2.46 bits per heavy atom. The highest BCUT2D eigenvalue weighted by Crippen LogP contribution is 2.16. The minimum Gasteiger partial charge on any atom is -0.361 e. The van der Waals surface area contributed by atoms with E-state index in [-0.39, 0.29) is 11.6 Å². The van der Waals surface area contributed by atoms with E-state index in [9.17, 15) is 0 Å². The Morgan fingerprint density at radius 1 is 1.14 bits per heavy atom. The second kappa shape index (κ2) is 10.3. The topological polar surface area (TPSA) is 74.5 Å². The molecule has 0 spiro atoms. The van der Waals surface area contributed by atoms with Crippen LogP contribution in [0.4, 0.5) is 0 Å². The number of nitrogens with zero attached hydrogens (tertiary/aromatic N) is 2. The largest absolute Gasteiger partial charge is 0.361 e. The molecular weight excluding hydrogens is 350 g/mol. The average Bonchev–Trinajstić information content (AvgIpc) is 3.10. The first-order valence-corrected chi connectivity index (χ1v) is 10.1. The molecule has 0 saturated heterocycles. The molecule has 0 aliphatic carbocycles. The molecule has 0 bridgehead atoms. The fourth-order valence-electron chi connectivity index (χ4n) is 3.30. The minimum atomic E-state index is -0.104. The SMILES string of the molecule is CCc1noc(CC)c1CNC(=NC)NCC(C)(C)NC(C)c1ccccc1. The van der Waals surface area contributed by atoms with Crippen molar-refractivity contribution in [2.75, 3.05) is 13.6 Å². The zero-order valence-corrected chi connectivity index (χ0v) is 18.1. The first kappa shape index (κ1) is 22.0. The van der Waals surface area contributed by atoms with Crippen molar-refractivity contribution >= 4 is 5.96 Å². The van der Waals surface area contributed by atoms with Crippen LogP contribution in [0.25, 0.3) is 0 Å². The van der Waals surface area contributed by atoms with Crippen molar-refractivity contribution in [3.63, 3.8) is 0 Å². The van der Waals surface area contributed by atoms with E-state index in [1.165, 1.54) is 5.56 Å². The summed E-state index contributed by atoms with van der Waals surface area (Å²) >= 11 is 0. The third kappa shape index (κ3) is 6.09. The van der Waals surface area contributed by atoms with Gasteiger partial charge in [0.25, 0.3) is 0 Å². The van der Waals surface area contributed by atoms with Crippen LogP contribution in [-0.4, -0.2) is 30.2 Å². The number of aliphatic imine (C=N–C) groups is 1. The Bertz CT molecular complexity index is 730. The molecule has 2 rings (SSSR count). The van der Waals surface area contributed by atoms with Crippen LogP contribution >= 0.6 is 0 Å². The molecule has 1 heterocycles. The summed E-state index contributed by atoms with van der Waals surface area (Å²) < 4.78 is 5.44. The van der Waals surface area contributed by atoms with Gasteiger partial charge in [-0.15, -0.1) is 0 Å². The summed E-state index contributed by atoms with van der Waals surface area (Å²) in [4.78, 5) is 4.35. The monoisotopic (exact) mass is 385 g/mol. The molecule has 0 amide bonds. The van der Waals surface area contributed by atoms with E-state index in [2.05, 4.69) is 85.0 Å². The average molecular weight is 386 g/mol. The van der Waals surface area contributed by atoms with Gasteiger partial charge >= 0.3 is 0 Å². The molecule has 0 saturated carbocycles. The lowest BCUT2D eigenvalue weighted by Crippen LogP contribution is -2.52. The third-order valence-electron chi connectivity index (χ3n) is 4.87. The zero-order valence-electron chi connectivity index (χ0n) is 18.1. The number of aromatic nitrogens is 1. The molecule has 3 N–H and O–H groups in total. The van der Waals surface area contributed by atoms with Crippen LogP contribution in [-0.2, 0) is 19.4 Å². The van der Waals surface area contributed by atoms with E-state index in [4.69, 9.17) is 4.52 Å². The molecule has 0 aliphatic heterocycles. The van der Waals surface area contributed by atoms with E-state index in [1.54, 1.807) is 7.05 Å². The van der Waals surface area contributed by atoms with Gasteiger partial charge in [0.15, 0.2) is 5.96 Å². The van der Waals surface area contributed by atoms with Gasteiger partial charge in [-0.05, 0) is 32.8 Å². The summed E-state index contributed by atoms with van der Waals surface area (Å²) in [5, 5.41) is 14.7. The number of rotatable bonds is 9. The maximum absolute atomic E-state index is 5.44. The van der Waals surface area contributed by atoms with Crippen molar-refractivity contribution in [1.82, 2.24) is 21.1 Å². The summed E-state index contributed by atoms with van der Waals surface area (Å²) in [5.41, 5.74) is 3.33. The van der Waals surface area contributed by atoms with Crippen molar-refractivity contribution in [3.8, 4) is 0 Å². The van der Waals surface area contributed by atoms with Gasteiger partial charge in [0.05, 0.1) is 5.69 Å². The van der Waals surface area contributed by atoms with Crippen LogP contribution in [0, 0.1) is 0 Å². The molecule has 154 valence electrons. The fourth-order valence-corrected chi connectivity index (χ4v) is 3.30. The Hall–Kier alpha value is -2.34. The van der Waals surface area contributed by atoms with Gasteiger partial charge in [-0.2, -0.15) is 0 Å². The summed E-state index contributed by atoms with van der Waals surface area (Å²) in [6.45, 7) is 12.1. The minimum absolute atomic E-state index is 0.104. The molecule has 6 nitrogen and oxygen atoms in total. The second-order valence-corrected chi connectivity index (χ2v) is 7.68. The lowest BCUT2D eigenvalue weighted by Gasteiger charge is -2.31. The first-order valence-electron chi connectivity index (χ1n) is 10.1. The van der Waals surface area contributed by atoms with Crippen LogP contribution in [0.3, 0.4) is 0 Å². The Balaban J connectivity index is 1.90. The maximum atomic E-state index is 5.44. The smallest absolute Gasteiger partial charge is 0.191 e. The van der Waals surface area contributed by atoms with Crippen molar-refractivity contribution in [2.24, 2.45) is 4.99 Å². The van der Waals surface area contributed by atoms with E-state index < -0.39 is 0 Å². The van der Waals surface area contributed by atoms with Gasteiger partial charge in [-0.1, -0.05) is 49.3 Å². The Morgan fingerprint density at radius 2 is 1.86 bits per heavy atom. The quantitative estimate of drug-likeness (QED) is 0.454. The number of guanidine groups is 1. The van der Waals surface area contributed by atoms with E-state index in [0.717, 1.165) is 42.4 Å². The molecule has 0 fully saturated rings. The Kier molecular flexibility index (Phi) is 8.05. The first-order chi connectivity index (χ1) is 13.4. The molecule has 6 heteroatoms. The highest BCUT2D eigenvalue weighted by molar-refractivity contribution is 5.79. The van der Waals surface area contributed by atoms with Crippen LogP contribution in [0.1, 0.15) is 63.2 Å². The molecule has 2 aromatic rings. The Labute approximate surface area is 169 Å². The van der Waals surface area contributed by atoms with Crippen LogP contribution < -0.4 is 16.0 Å². The number of hydrogen-bond acceptors (Lipinski definition) is 4. The second-order valence-electron chi connectivity index (χ2n) is 7.68. The molecule has 28 heavy (non-hydrogen) atoms. The van der Waals surface area contributed by atoms with E-state index >= 15 is 0 Å². The van der Waals surface area contributed by atoms with Crippen LogP contribution in [0.2, 0.25) is 0 Å². The zero-order chi connectivity index (χ0) is 20.6. The normalized spacial score (nSPS) is 13.4. The molecular formula is C22H35N5O. The summed E-state index contributed by atoms with van der Waals surface area (Å²) in [5.74, 6) is 1.71. The van der Waals surface area contributed by atoms with Crippen molar-refractivity contribution < 1.29 is 4.52 Å². The molecule has 0 radical (unpaired) electrons. The lowest BCUT2D eigenvalue weighted by molar-refractivity contribution is 0.344. The molecule has 1 unspecified atom stereocenters. The van der Waals surface area contributed by atoms with Gasteiger partial charge in [0.2, 0.25) is 0 Å². The fraction of sp³-hybridized carbons (Fsp3) is 0.545. The number of benzene rings is 1. The molecule has 1 atom stereocenters. The van der Waals surface area contributed by atoms with Crippen LogP contribution in [0.5, 0.6) is 0 Å². The number of nitrogens with one attached hydrogen (secondary N) is 3. The highest BCUT2D eigenvalue weighted by Gasteiger charge is 2.21. The van der Waals surface area contributed by atoms with E-state index in [0.29, 0.717) is 6.54 Å². The van der Waals surface area contributed by atoms with Crippen LogP contribution in [0.15, 0.2) is 39.8 Å². The van der Waals surface area contributed by atoms with Crippen molar-refractivity contribution in [3.05, 3.63) is 52.9 Å². The highest BCUT2D eigenvalue weighted by atomic mass is 16.5. The van der Waals surface area contributed by atoms with Gasteiger partial charge in [-0.3, -0.25) is 4.99 Å². The molecule has 1 aromatic heterocycles. The van der Waals surface area contributed by atoms with Gasteiger partial charge in [-0.25, -0.2) is 0 Å².